The summed E-state index contributed by atoms with van der Waals surface area (Å²) >= 11 is 1.44. The fraction of sp³-hybridized carbons (Fsp3) is 0.333. The molecule has 1 heterocycles. The second kappa shape index (κ2) is 5.81. The van der Waals surface area contributed by atoms with Crippen molar-refractivity contribution >= 4 is 32.2 Å². The molecule has 0 spiro atoms. The summed E-state index contributed by atoms with van der Waals surface area (Å²) in [5.41, 5.74) is 2.00. The number of amides is 1. The maximum Gasteiger partial charge on any atom is 0.241 e. The minimum atomic E-state index is -3.63. The highest BCUT2D eigenvalue weighted by Crippen LogP contribution is 2.30. The Morgan fingerprint density at radius 3 is 2.68 bits per heavy atom. The summed E-state index contributed by atoms with van der Waals surface area (Å²) in [6, 6.07) is 6.48. The van der Waals surface area contributed by atoms with Crippen LogP contribution in [-0.4, -0.2) is 25.1 Å². The van der Waals surface area contributed by atoms with Gasteiger partial charge >= 0.3 is 0 Å². The molecule has 3 rings (SSSR count). The van der Waals surface area contributed by atoms with Crippen LogP contribution in [0.15, 0.2) is 29.2 Å². The van der Waals surface area contributed by atoms with Crippen LogP contribution in [0.2, 0.25) is 0 Å². The highest BCUT2D eigenvalue weighted by Gasteiger charge is 2.22. The summed E-state index contributed by atoms with van der Waals surface area (Å²) in [6.07, 6.45) is 3.03. The van der Waals surface area contributed by atoms with Gasteiger partial charge in [0.15, 0.2) is 15.0 Å². The molecule has 1 N–H and O–H groups in total. The number of thiazole rings is 1. The Labute approximate surface area is 133 Å². The van der Waals surface area contributed by atoms with Crippen LogP contribution in [-0.2, 0) is 27.5 Å². The van der Waals surface area contributed by atoms with Gasteiger partial charge in [-0.25, -0.2) is 13.4 Å². The van der Waals surface area contributed by atoms with Crippen molar-refractivity contribution in [3.05, 3.63) is 40.4 Å². The molecule has 1 amide bonds. The number of anilines is 1. The van der Waals surface area contributed by atoms with Crippen LogP contribution in [0.4, 0.5) is 5.13 Å². The minimum Gasteiger partial charge on any atom is -0.301 e. The molecular weight excluding hydrogens is 320 g/mol. The lowest BCUT2D eigenvalue weighted by Gasteiger charge is -2.05. The molecule has 1 aromatic heterocycles. The van der Waals surface area contributed by atoms with E-state index in [1.54, 1.807) is 12.1 Å². The van der Waals surface area contributed by atoms with Crippen molar-refractivity contribution < 1.29 is 13.2 Å². The van der Waals surface area contributed by atoms with Crippen LogP contribution < -0.4 is 5.32 Å². The van der Waals surface area contributed by atoms with E-state index in [9.17, 15) is 13.2 Å². The number of aryl methyl sites for hydroxylation is 3. The van der Waals surface area contributed by atoms with Gasteiger partial charge in [-0.05, 0) is 38.3 Å². The van der Waals surface area contributed by atoms with Gasteiger partial charge in [0, 0.05) is 4.88 Å². The number of benzene rings is 1. The Balaban J connectivity index is 1.69. The fourth-order valence-electron chi connectivity index (χ4n) is 2.40. The van der Waals surface area contributed by atoms with Gasteiger partial charge < -0.3 is 5.32 Å². The summed E-state index contributed by atoms with van der Waals surface area (Å²) in [5, 5.41) is 3.09. The third kappa shape index (κ3) is 3.20. The number of fused-ring (bicyclic) bond motifs is 1. The number of carbonyl (C=O) groups excluding carboxylic acids is 1. The molecule has 5 nitrogen and oxygen atoms in total. The molecule has 0 bridgehead atoms. The van der Waals surface area contributed by atoms with Crippen LogP contribution in [0.1, 0.15) is 22.6 Å². The quantitative estimate of drug-likeness (QED) is 0.930. The highest BCUT2D eigenvalue weighted by molar-refractivity contribution is 7.92. The Hall–Kier alpha value is -1.73. The van der Waals surface area contributed by atoms with E-state index in [0.717, 1.165) is 30.5 Å². The van der Waals surface area contributed by atoms with Crippen LogP contribution >= 0.6 is 11.3 Å². The Bertz CT molecular complexity index is 786. The first-order valence-electron chi connectivity index (χ1n) is 7.02. The predicted octanol–water partition coefficient (Wildman–Crippen LogP) is 2.35. The lowest BCUT2D eigenvalue weighted by Crippen LogP contribution is -2.23. The highest BCUT2D eigenvalue weighted by atomic mass is 32.2. The van der Waals surface area contributed by atoms with Gasteiger partial charge in [0.2, 0.25) is 5.91 Å². The molecule has 22 heavy (non-hydrogen) atoms. The molecule has 116 valence electrons. The number of rotatable bonds is 4. The summed E-state index contributed by atoms with van der Waals surface area (Å²) in [7, 11) is -3.63. The van der Waals surface area contributed by atoms with Gasteiger partial charge in [0.1, 0.15) is 5.75 Å². The zero-order valence-corrected chi connectivity index (χ0v) is 13.8. The topological polar surface area (TPSA) is 76.1 Å². The number of aromatic nitrogens is 1. The zero-order valence-electron chi connectivity index (χ0n) is 12.1. The van der Waals surface area contributed by atoms with E-state index in [1.807, 2.05) is 6.92 Å². The molecule has 1 aliphatic rings. The Kier molecular flexibility index (Phi) is 4.01. The van der Waals surface area contributed by atoms with Gasteiger partial charge in [0.25, 0.3) is 0 Å². The number of nitrogens with zero attached hydrogens (tertiary/aromatic N) is 1. The van der Waals surface area contributed by atoms with Crippen molar-refractivity contribution in [1.29, 1.82) is 0 Å². The Morgan fingerprint density at radius 2 is 2.00 bits per heavy atom. The van der Waals surface area contributed by atoms with Crippen LogP contribution in [0.25, 0.3) is 0 Å². The SMILES string of the molecule is Cc1ccc(S(=O)(=O)CC(=O)Nc2nc3c(s2)CCC3)cc1. The molecular formula is C15H16N2O3S2. The van der Waals surface area contributed by atoms with E-state index in [1.165, 1.54) is 28.3 Å². The van der Waals surface area contributed by atoms with E-state index in [2.05, 4.69) is 10.3 Å². The van der Waals surface area contributed by atoms with Gasteiger partial charge in [0.05, 0.1) is 10.6 Å². The number of sulfone groups is 1. The second-order valence-electron chi connectivity index (χ2n) is 5.36. The van der Waals surface area contributed by atoms with Gasteiger partial charge in [-0.1, -0.05) is 17.7 Å². The molecule has 1 aliphatic carbocycles. The Morgan fingerprint density at radius 1 is 1.27 bits per heavy atom. The smallest absolute Gasteiger partial charge is 0.241 e. The van der Waals surface area contributed by atoms with Crippen LogP contribution in [0.3, 0.4) is 0 Å². The molecule has 2 aromatic rings. The zero-order chi connectivity index (χ0) is 15.7. The van der Waals surface area contributed by atoms with Crippen molar-refractivity contribution in [3.8, 4) is 0 Å². The third-order valence-corrected chi connectivity index (χ3v) is 6.25. The van der Waals surface area contributed by atoms with E-state index in [-0.39, 0.29) is 4.90 Å². The molecule has 0 aliphatic heterocycles. The second-order valence-corrected chi connectivity index (χ2v) is 8.44. The summed E-state index contributed by atoms with van der Waals surface area (Å²) in [6.45, 7) is 1.88. The molecule has 0 saturated carbocycles. The number of hydrogen-bond donors (Lipinski definition) is 1. The van der Waals surface area contributed by atoms with Gasteiger partial charge in [-0.3, -0.25) is 4.79 Å². The molecule has 1 aromatic carbocycles. The van der Waals surface area contributed by atoms with Gasteiger partial charge in [-0.2, -0.15) is 0 Å². The monoisotopic (exact) mass is 336 g/mol. The van der Waals surface area contributed by atoms with Crippen molar-refractivity contribution in [2.45, 2.75) is 31.1 Å². The van der Waals surface area contributed by atoms with E-state index in [0.29, 0.717) is 5.13 Å². The maximum absolute atomic E-state index is 12.2. The predicted molar refractivity (Wildman–Crippen MR) is 86.0 cm³/mol. The summed E-state index contributed by atoms with van der Waals surface area (Å²) < 4.78 is 24.4. The molecule has 0 unspecified atom stereocenters. The lowest BCUT2D eigenvalue weighted by atomic mass is 10.2. The van der Waals surface area contributed by atoms with Crippen molar-refractivity contribution in [2.75, 3.05) is 11.1 Å². The maximum atomic E-state index is 12.2. The van der Waals surface area contributed by atoms with Crippen molar-refractivity contribution in [1.82, 2.24) is 4.98 Å². The lowest BCUT2D eigenvalue weighted by molar-refractivity contribution is -0.113. The first-order chi connectivity index (χ1) is 10.4. The fourth-order valence-corrected chi connectivity index (χ4v) is 4.60. The molecule has 7 heteroatoms. The molecule has 0 radical (unpaired) electrons. The van der Waals surface area contributed by atoms with Crippen LogP contribution in [0, 0.1) is 6.92 Å². The van der Waals surface area contributed by atoms with E-state index >= 15 is 0 Å². The average molecular weight is 336 g/mol. The standard InChI is InChI=1S/C15H16N2O3S2/c1-10-5-7-11(8-6-10)22(19,20)9-14(18)17-15-16-12-3-2-4-13(12)21-15/h5-8H,2-4,9H2,1H3,(H,16,17,18). The average Bonchev–Trinajstić information content (AvgIpc) is 2.99. The summed E-state index contributed by atoms with van der Waals surface area (Å²) in [4.78, 5) is 17.7. The first kappa shape index (κ1) is 15.2. The molecule has 0 saturated heterocycles. The van der Waals surface area contributed by atoms with Crippen LogP contribution in [0.5, 0.6) is 0 Å². The number of carbonyl (C=O) groups is 1. The minimum absolute atomic E-state index is 0.162. The van der Waals surface area contributed by atoms with E-state index in [4.69, 9.17) is 0 Å². The summed E-state index contributed by atoms with van der Waals surface area (Å²) in [5.74, 6) is -1.12. The van der Waals surface area contributed by atoms with Crippen molar-refractivity contribution in [3.63, 3.8) is 0 Å². The third-order valence-electron chi connectivity index (χ3n) is 3.54. The normalized spacial score (nSPS) is 13.9. The largest absolute Gasteiger partial charge is 0.301 e. The first-order valence-corrected chi connectivity index (χ1v) is 9.49. The molecule has 0 fully saturated rings. The van der Waals surface area contributed by atoms with E-state index < -0.39 is 21.5 Å². The van der Waals surface area contributed by atoms with Crippen molar-refractivity contribution in [2.24, 2.45) is 0 Å². The number of hydrogen-bond acceptors (Lipinski definition) is 5. The van der Waals surface area contributed by atoms with Gasteiger partial charge in [-0.15, -0.1) is 11.3 Å². The number of nitrogens with one attached hydrogen (secondary N) is 1. The molecule has 0 atom stereocenters.